The normalized spacial score (nSPS) is 12.6. The van der Waals surface area contributed by atoms with Crippen LogP contribution < -0.4 is 15.4 Å². The fourth-order valence-corrected chi connectivity index (χ4v) is 3.04. The maximum Gasteiger partial charge on any atom is 0.387 e. The van der Waals surface area contributed by atoms with Gasteiger partial charge in [-0.2, -0.15) is 13.9 Å². The van der Waals surface area contributed by atoms with Crippen LogP contribution in [0.4, 0.5) is 8.78 Å². The molecule has 0 aliphatic carbocycles. The lowest BCUT2D eigenvalue weighted by molar-refractivity contribution is -0.0498. The molecular weight excluding hydrogens is 416 g/mol. The van der Waals surface area contributed by atoms with Crippen LogP contribution in [0.5, 0.6) is 5.75 Å². The van der Waals surface area contributed by atoms with E-state index in [2.05, 4.69) is 37.6 Å². The number of guanidine groups is 1. The Morgan fingerprint density at radius 2 is 1.84 bits per heavy atom. The number of nitrogens with zero attached hydrogens (tertiary/aromatic N) is 3. The van der Waals surface area contributed by atoms with Crippen molar-refractivity contribution >= 4 is 5.96 Å². The summed E-state index contributed by atoms with van der Waals surface area (Å²) >= 11 is 0. The number of aliphatic hydroxyl groups is 1. The summed E-state index contributed by atoms with van der Waals surface area (Å²) in [5.74, 6) is 0.603. The van der Waals surface area contributed by atoms with Crippen LogP contribution in [-0.4, -0.2) is 40.5 Å². The summed E-state index contributed by atoms with van der Waals surface area (Å²) in [7, 11) is 0. The molecule has 7 nitrogen and oxygen atoms in total. The quantitative estimate of drug-likeness (QED) is 0.331. The molecule has 1 unspecified atom stereocenters. The first-order chi connectivity index (χ1) is 15.5. The number of aliphatic imine (C=N–C) groups is 1. The smallest absolute Gasteiger partial charge is 0.387 e. The molecule has 0 radical (unpaired) electrons. The molecule has 0 saturated heterocycles. The third kappa shape index (κ3) is 7.35. The first kappa shape index (κ1) is 23.2. The highest BCUT2D eigenvalue weighted by atomic mass is 19.3. The number of aliphatic hydroxyl groups excluding tert-OH is 1. The van der Waals surface area contributed by atoms with E-state index in [4.69, 9.17) is 0 Å². The molecule has 0 aliphatic heterocycles. The van der Waals surface area contributed by atoms with Gasteiger partial charge in [-0.15, -0.1) is 0 Å². The van der Waals surface area contributed by atoms with Crippen molar-refractivity contribution in [2.45, 2.75) is 32.7 Å². The lowest BCUT2D eigenvalue weighted by atomic mass is 10.1. The monoisotopic (exact) mass is 443 g/mol. The second-order valence-electron chi connectivity index (χ2n) is 7.07. The molecule has 9 heteroatoms. The largest absolute Gasteiger partial charge is 0.435 e. The fourth-order valence-electron chi connectivity index (χ4n) is 3.04. The third-order valence-corrected chi connectivity index (χ3v) is 4.59. The van der Waals surface area contributed by atoms with Gasteiger partial charge in [-0.05, 0) is 30.2 Å². The van der Waals surface area contributed by atoms with Gasteiger partial charge in [0.25, 0.3) is 0 Å². The average molecular weight is 443 g/mol. The minimum atomic E-state index is -2.88. The zero-order valence-corrected chi connectivity index (χ0v) is 17.8. The Kier molecular flexibility index (Phi) is 8.56. The van der Waals surface area contributed by atoms with Crippen LogP contribution in [0.3, 0.4) is 0 Å². The van der Waals surface area contributed by atoms with Gasteiger partial charge in [0.2, 0.25) is 0 Å². The number of hydrogen-bond donors (Lipinski definition) is 3. The van der Waals surface area contributed by atoms with E-state index in [0.29, 0.717) is 31.2 Å². The van der Waals surface area contributed by atoms with E-state index < -0.39 is 12.7 Å². The van der Waals surface area contributed by atoms with Crippen LogP contribution in [0.1, 0.15) is 29.7 Å². The Hall–Kier alpha value is -3.46. The molecular formula is C23H27F2N5O2. The summed E-state index contributed by atoms with van der Waals surface area (Å²) in [5.41, 5.74) is 2.72. The first-order valence-corrected chi connectivity index (χ1v) is 10.3. The molecule has 1 aromatic heterocycles. The minimum absolute atomic E-state index is 0.0478. The molecule has 2 aromatic carbocycles. The van der Waals surface area contributed by atoms with Crippen LogP contribution >= 0.6 is 0 Å². The van der Waals surface area contributed by atoms with E-state index in [1.54, 1.807) is 18.3 Å². The second kappa shape index (κ2) is 11.8. The minimum Gasteiger partial charge on any atom is -0.435 e. The van der Waals surface area contributed by atoms with E-state index in [-0.39, 0.29) is 12.3 Å². The van der Waals surface area contributed by atoms with Crippen molar-refractivity contribution in [2.75, 3.05) is 13.1 Å². The predicted molar refractivity (Wildman–Crippen MR) is 119 cm³/mol. The molecule has 170 valence electrons. The zero-order chi connectivity index (χ0) is 22.8. The van der Waals surface area contributed by atoms with Gasteiger partial charge in [-0.3, -0.25) is 4.68 Å². The van der Waals surface area contributed by atoms with E-state index >= 15 is 0 Å². The van der Waals surface area contributed by atoms with Crippen LogP contribution in [0, 0.1) is 0 Å². The molecule has 32 heavy (non-hydrogen) atoms. The Balaban J connectivity index is 1.53. The van der Waals surface area contributed by atoms with Gasteiger partial charge >= 0.3 is 6.61 Å². The molecule has 1 heterocycles. The van der Waals surface area contributed by atoms with E-state index in [1.807, 2.05) is 36.0 Å². The van der Waals surface area contributed by atoms with E-state index in [1.165, 1.54) is 17.7 Å². The SMILES string of the molecule is CCNC(=NCc1cnn(Cc2ccccc2)c1)NCC(O)c1ccc(OC(F)F)cc1. The Labute approximate surface area is 185 Å². The van der Waals surface area contributed by atoms with Crippen LogP contribution in [0.15, 0.2) is 72.0 Å². The topological polar surface area (TPSA) is 83.7 Å². The summed E-state index contributed by atoms with van der Waals surface area (Å²) in [6.07, 6.45) is 2.90. The van der Waals surface area contributed by atoms with Gasteiger partial charge in [-0.25, -0.2) is 4.99 Å². The molecule has 0 spiro atoms. The molecule has 3 aromatic rings. The third-order valence-electron chi connectivity index (χ3n) is 4.59. The van der Waals surface area contributed by atoms with Gasteiger partial charge < -0.3 is 20.5 Å². The second-order valence-corrected chi connectivity index (χ2v) is 7.07. The highest BCUT2D eigenvalue weighted by Gasteiger charge is 2.10. The maximum absolute atomic E-state index is 12.2. The van der Waals surface area contributed by atoms with Crippen molar-refractivity contribution in [3.63, 3.8) is 0 Å². The first-order valence-electron chi connectivity index (χ1n) is 10.3. The number of benzene rings is 2. The summed E-state index contributed by atoms with van der Waals surface area (Å²) in [6, 6.07) is 16.0. The number of rotatable bonds is 10. The van der Waals surface area contributed by atoms with Gasteiger partial charge in [0.1, 0.15) is 5.75 Å². The van der Waals surface area contributed by atoms with E-state index in [0.717, 1.165) is 5.56 Å². The number of alkyl halides is 2. The average Bonchev–Trinajstić information content (AvgIpc) is 3.23. The van der Waals surface area contributed by atoms with Gasteiger partial charge in [0.15, 0.2) is 5.96 Å². The number of nitrogens with one attached hydrogen (secondary N) is 2. The molecule has 0 fully saturated rings. The Bertz CT molecular complexity index is 978. The summed E-state index contributed by atoms with van der Waals surface area (Å²) in [6.45, 7) is 1.06. The molecule has 3 rings (SSSR count). The van der Waals surface area contributed by atoms with Crippen molar-refractivity contribution in [1.29, 1.82) is 0 Å². The van der Waals surface area contributed by atoms with Crippen molar-refractivity contribution in [2.24, 2.45) is 4.99 Å². The van der Waals surface area contributed by atoms with Gasteiger partial charge in [-0.1, -0.05) is 42.5 Å². The molecule has 3 N–H and O–H groups in total. The predicted octanol–water partition coefficient (Wildman–Crippen LogP) is 3.32. The van der Waals surface area contributed by atoms with Crippen molar-refractivity contribution in [3.8, 4) is 5.75 Å². The summed E-state index contributed by atoms with van der Waals surface area (Å²) < 4.78 is 30.7. The van der Waals surface area contributed by atoms with Gasteiger partial charge in [0, 0.05) is 24.8 Å². The van der Waals surface area contributed by atoms with E-state index in [9.17, 15) is 13.9 Å². The number of ether oxygens (including phenoxy) is 1. The summed E-state index contributed by atoms with van der Waals surface area (Å²) in [4.78, 5) is 4.54. The zero-order valence-electron chi connectivity index (χ0n) is 17.8. The number of halogens is 2. The maximum atomic E-state index is 12.2. The van der Waals surface area contributed by atoms with Gasteiger partial charge in [0.05, 0.1) is 25.4 Å². The van der Waals surface area contributed by atoms with Crippen molar-refractivity contribution in [1.82, 2.24) is 20.4 Å². The standard InChI is InChI=1S/C23H27F2N5O2/c1-2-26-23(28-14-21(31)19-8-10-20(11-9-19)32-22(24)25)27-12-18-13-29-30(16-18)15-17-6-4-3-5-7-17/h3-11,13,16,21-22,31H,2,12,14-15H2,1H3,(H2,26,27,28). The van der Waals surface area contributed by atoms with Crippen LogP contribution in [0.25, 0.3) is 0 Å². The molecule has 1 atom stereocenters. The Morgan fingerprint density at radius 3 is 2.53 bits per heavy atom. The highest BCUT2D eigenvalue weighted by molar-refractivity contribution is 5.79. The fraction of sp³-hybridized carbons (Fsp3) is 0.304. The van der Waals surface area contributed by atoms with Crippen molar-refractivity contribution < 1.29 is 18.6 Å². The highest BCUT2D eigenvalue weighted by Crippen LogP contribution is 2.19. The van der Waals surface area contributed by atoms with Crippen LogP contribution in [0.2, 0.25) is 0 Å². The molecule has 0 aliphatic rings. The summed E-state index contributed by atoms with van der Waals surface area (Å²) in [5, 5.41) is 21.0. The van der Waals surface area contributed by atoms with Crippen LogP contribution in [-0.2, 0) is 13.1 Å². The number of aromatic nitrogens is 2. The Morgan fingerprint density at radius 1 is 1.09 bits per heavy atom. The molecule has 0 bridgehead atoms. The van der Waals surface area contributed by atoms with Crippen molar-refractivity contribution in [3.05, 3.63) is 83.7 Å². The molecule has 0 saturated carbocycles. The molecule has 0 amide bonds. The lowest BCUT2D eigenvalue weighted by Crippen LogP contribution is -2.39. The lowest BCUT2D eigenvalue weighted by Gasteiger charge is -2.16. The number of hydrogen-bond acceptors (Lipinski definition) is 4.